The second-order valence-corrected chi connectivity index (χ2v) is 8.05. The third-order valence-electron chi connectivity index (χ3n) is 5.29. The average molecular weight is 444 g/mol. The second-order valence-electron chi connectivity index (χ2n) is 8.05. The van der Waals surface area contributed by atoms with Gasteiger partial charge in [0.25, 0.3) is 5.91 Å². The summed E-state index contributed by atoms with van der Waals surface area (Å²) in [5.41, 5.74) is 4.63. The van der Waals surface area contributed by atoms with Gasteiger partial charge in [0.15, 0.2) is 5.69 Å². The van der Waals surface area contributed by atoms with E-state index < -0.39 is 0 Å². The molecule has 4 aromatic rings. The van der Waals surface area contributed by atoms with Crippen molar-refractivity contribution in [2.75, 3.05) is 0 Å². The highest BCUT2D eigenvalue weighted by atomic mass is 19.1. The number of benzene rings is 3. The van der Waals surface area contributed by atoms with Gasteiger partial charge in [-0.3, -0.25) is 9.69 Å². The SMILES string of the molecule is Cc1ccc(CN(Cc2ccccc2)Cc2nc(C(=O)NCc3ccc(F)cc3)co2)cc1. The molecular formula is C27H26FN3O2. The molecule has 0 aliphatic carbocycles. The lowest BCUT2D eigenvalue weighted by Crippen LogP contribution is -2.24. The molecule has 1 heterocycles. The molecule has 6 heteroatoms. The molecular weight excluding hydrogens is 417 g/mol. The molecule has 168 valence electrons. The number of oxazole rings is 1. The van der Waals surface area contributed by atoms with Crippen molar-refractivity contribution in [2.45, 2.75) is 33.1 Å². The van der Waals surface area contributed by atoms with Gasteiger partial charge >= 0.3 is 0 Å². The van der Waals surface area contributed by atoms with Gasteiger partial charge in [0.2, 0.25) is 5.89 Å². The van der Waals surface area contributed by atoms with Crippen molar-refractivity contribution >= 4 is 5.91 Å². The van der Waals surface area contributed by atoms with Gasteiger partial charge in [-0.1, -0.05) is 72.3 Å². The third-order valence-corrected chi connectivity index (χ3v) is 5.29. The lowest BCUT2D eigenvalue weighted by molar-refractivity contribution is 0.0945. The van der Waals surface area contributed by atoms with E-state index in [0.717, 1.165) is 18.7 Å². The quantitative estimate of drug-likeness (QED) is 0.384. The fraction of sp³-hybridized carbons (Fsp3) is 0.185. The first-order chi connectivity index (χ1) is 16.0. The molecule has 1 aromatic heterocycles. The van der Waals surface area contributed by atoms with Crippen LogP contribution in [0, 0.1) is 12.7 Å². The molecule has 0 saturated carbocycles. The van der Waals surface area contributed by atoms with E-state index >= 15 is 0 Å². The minimum Gasteiger partial charge on any atom is -0.447 e. The van der Waals surface area contributed by atoms with Crippen molar-refractivity contribution in [1.29, 1.82) is 0 Å². The van der Waals surface area contributed by atoms with Crippen LogP contribution in [0.4, 0.5) is 4.39 Å². The fourth-order valence-corrected chi connectivity index (χ4v) is 3.52. The number of carbonyl (C=O) groups excluding carboxylic acids is 1. The van der Waals surface area contributed by atoms with E-state index in [1.807, 2.05) is 18.2 Å². The molecule has 33 heavy (non-hydrogen) atoms. The maximum absolute atomic E-state index is 13.0. The number of rotatable bonds is 9. The van der Waals surface area contributed by atoms with E-state index in [-0.39, 0.29) is 24.0 Å². The summed E-state index contributed by atoms with van der Waals surface area (Å²) >= 11 is 0. The highest BCUT2D eigenvalue weighted by Gasteiger charge is 2.16. The van der Waals surface area contributed by atoms with Crippen LogP contribution in [0.2, 0.25) is 0 Å². The summed E-state index contributed by atoms with van der Waals surface area (Å²) in [6, 6.07) is 24.7. The van der Waals surface area contributed by atoms with Crippen LogP contribution in [-0.4, -0.2) is 15.8 Å². The predicted molar refractivity (Wildman–Crippen MR) is 125 cm³/mol. The minimum absolute atomic E-state index is 0.224. The third kappa shape index (κ3) is 6.60. The lowest BCUT2D eigenvalue weighted by Gasteiger charge is -2.21. The number of nitrogens with zero attached hydrogens (tertiary/aromatic N) is 2. The smallest absolute Gasteiger partial charge is 0.273 e. The van der Waals surface area contributed by atoms with Crippen LogP contribution in [0.1, 0.15) is 38.6 Å². The summed E-state index contributed by atoms with van der Waals surface area (Å²) in [4.78, 5) is 19.1. The molecule has 0 aliphatic rings. The van der Waals surface area contributed by atoms with E-state index in [1.54, 1.807) is 12.1 Å². The molecule has 0 fully saturated rings. The van der Waals surface area contributed by atoms with E-state index in [4.69, 9.17) is 4.42 Å². The zero-order valence-corrected chi connectivity index (χ0v) is 18.5. The summed E-state index contributed by atoms with van der Waals surface area (Å²) in [6.45, 7) is 4.27. The van der Waals surface area contributed by atoms with Gasteiger partial charge in [0.1, 0.15) is 12.1 Å². The zero-order valence-electron chi connectivity index (χ0n) is 18.5. The van der Waals surface area contributed by atoms with Crippen LogP contribution in [0.3, 0.4) is 0 Å². The Morgan fingerprint density at radius 1 is 0.879 bits per heavy atom. The van der Waals surface area contributed by atoms with Gasteiger partial charge in [-0.05, 0) is 35.7 Å². The van der Waals surface area contributed by atoms with Gasteiger partial charge in [-0.25, -0.2) is 9.37 Å². The van der Waals surface area contributed by atoms with Gasteiger partial charge in [-0.2, -0.15) is 0 Å². The molecule has 0 unspecified atom stereocenters. The predicted octanol–water partition coefficient (Wildman–Crippen LogP) is 5.25. The van der Waals surface area contributed by atoms with Crippen LogP contribution in [-0.2, 0) is 26.2 Å². The van der Waals surface area contributed by atoms with Crippen LogP contribution >= 0.6 is 0 Å². The van der Waals surface area contributed by atoms with Gasteiger partial charge in [0, 0.05) is 19.6 Å². The number of halogens is 1. The Morgan fingerprint density at radius 3 is 2.21 bits per heavy atom. The van der Waals surface area contributed by atoms with Crippen molar-refractivity contribution in [2.24, 2.45) is 0 Å². The number of aromatic nitrogens is 1. The molecule has 0 bridgehead atoms. The Bertz CT molecular complexity index is 1170. The Balaban J connectivity index is 1.41. The number of carbonyl (C=O) groups is 1. The monoisotopic (exact) mass is 443 g/mol. The number of nitrogens with one attached hydrogen (secondary N) is 1. The Kier molecular flexibility index (Phi) is 7.27. The first-order valence-corrected chi connectivity index (χ1v) is 10.8. The number of hydrogen-bond donors (Lipinski definition) is 1. The normalized spacial score (nSPS) is 11.0. The Morgan fingerprint density at radius 2 is 1.52 bits per heavy atom. The molecule has 0 spiro atoms. The Labute approximate surface area is 192 Å². The molecule has 5 nitrogen and oxygen atoms in total. The lowest BCUT2D eigenvalue weighted by atomic mass is 10.1. The number of aryl methyl sites for hydroxylation is 1. The molecule has 0 radical (unpaired) electrons. The molecule has 0 atom stereocenters. The Hall–Kier alpha value is -3.77. The van der Waals surface area contributed by atoms with Crippen molar-refractivity contribution in [3.05, 3.63) is 125 Å². The van der Waals surface area contributed by atoms with Crippen molar-refractivity contribution in [1.82, 2.24) is 15.2 Å². The van der Waals surface area contributed by atoms with Crippen LogP contribution in [0.5, 0.6) is 0 Å². The summed E-state index contributed by atoms with van der Waals surface area (Å²) in [5.74, 6) is -0.163. The first kappa shape index (κ1) is 22.4. The van der Waals surface area contributed by atoms with E-state index in [2.05, 4.69) is 58.5 Å². The second kappa shape index (κ2) is 10.7. The standard InChI is InChI=1S/C27H26FN3O2/c1-20-7-9-23(10-8-20)17-31(16-22-5-3-2-4-6-22)18-26-30-25(19-33-26)27(32)29-15-21-11-13-24(28)14-12-21/h2-14,19H,15-18H2,1H3,(H,29,32). The molecule has 0 saturated heterocycles. The molecule has 1 amide bonds. The van der Waals surface area contributed by atoms with Gasteiger partial charge in [-0.15, -0.1) is 0 Å². The van der Waals surface area contributed by atoms with Crippen LogP contribution in [0.25, 0.3) is 0 Å². The van der Waals surface area contributed by atoms with E-state index in [0.29, 0.717) is 12.4 Å². The zero-order chi connectivity index (χ0) is 23.0. The van der Waals surface area contributed by atoms with Crippen molar-refractivity contribution < 1.29 is 13.6 Å². The molecule has 1 N–H and O–H groups in total. The summed E-state index contributed by atoms with van der Waals surface area (Å²) in [7, 11) is 0. The van der Waals surface area contributed by atoms with Gasteiger partial charge in [0.05, 0.1) is 6.54 Å². The summed E-state index contributed by atoms with van der Waals surface area (Å²) in [5, 5.41) is 2.79. The highest BCUT2D eigenvalue weighted by Crippen LogP contribution is 2.15. The number of amides is 1. The first-order valence-electron chi connectivity index (χ1n) is 10.8. The topological polar surface area (TPSA) is 58.4 Å². The molecule has 4 rings (SSSR count). The minimum atomic E-state index is -0.331. The fourth-order valence-electron chi connectivity index (χ4n) is 3.52. The number of hydrogen-bond acceptors (Lipinski definition) is 4. The summed E-state index contributed by atoms with van der Waals surface area (Å²) < 4.78 is 18.7. The van der Waals surface area contributed by atoms with Crippen LogP contribution in [0.15, 0.2) is 89.5 Å². The van der Waals surface area contributed by atoms with Crippen molar-refractivity contribution in [3.63, 3.8) is 0 Å². The van der Waals surface area contributed by atoms with E-state index in [9.17, 15) is 9.18 Å². The van der Waals surface area contributed by atoms with Gasteiger partial charge < -0.3 is 9.73 Å². The molecule has 0 aliphatic heterocycles. The maximum Gasteiger partial charge on any atom is 0.273 e. The highest BCUT2D eigenvalue weighted by molar-refractivity contribution is 5.91. The molecule has 3 aromatic carbocycles. The maximum atomic E-state index is 13.0. The van der Waals surface area contributed by atoms with E-state index in [1.165, 1.54) is 35.1 Å². The van der Waals surface area contributed by atoms with Crippen LogP contribution < -0.4 is 5.32 Å². The van der Waals surface area contributed by atoms with Crippen molar-refractivity contribution in [3.8, 4) is 0 Å². The average Bonchev–Trinajstić information content (AvgIpc) is 3.29. The summed E-state index contributed by atoms with van der Waals surface area (Å²) in [6.07, 6.45) is 1.38. The largest absolute Gasteiger partial charge is 0.447 e.